The number of aliphatic hydroxyl groups is 1. The molecule has 0 aliphatic carbocycles. The van der Waals surface area contributed by atoms with Gasteiger partial charge in [-0.3, -0.25) is 4.79 Å². The summed E-state index contributed by atoms with van der Waals surface area (Å²) in [4.78, 5) is 24.9. The highest BCUT2D eigenvalue weighted by Crippen LogP contribution is 2.18. The van der Waals surface area contributed by atoms with Gasteiger partial charge in [-0.25, -0.2) is 4.79 Å². The van der Waals surface area contributed by atoms with Crippen LogP contribution in [0, 0.1) is 0 Å². The largest absolute Gasteiger partial charge is 0.478 e. The van der Waals surface area contributed by atoms with Gasteiger partial charge in [-0.1, -0.05) is 6.92 Å². The second-order valence-electron chi connectivity index (χ2n) is 3.93. The van der Waals surface area contributed by atoms with E-state index in [4.69, 9.17) is 10.2 Å². The van der Waals surface area contributed by atoms with E-state index in [1.165, 1.54) is 17.4 Å². The van der Waals surface area contributed by atoms with E-state index in [2.05, 4.69) is 0 Å². The summed E-state index contributed by atoms with van der Waals surface area (Å²) >= 11 is 1.31. The molecule has 0 aliphatic rings. The number of nitrogens with zero attached hydrogens (tertiary/aromatic N) is 1. The van der Waals surface area contributed by atoms with Crippen molar-refractivity contribution >= 4 is 29.3 Å². The van der Waals surface area contributed by atoms with Crippen LogP contribution in [0.4, 0.5) is 0 Å². The molecule has 0 radical (unpaired) electrons. The normalized spacial score (nSPS) is 10.8. The molecule has 0 saturated carbocycles. The number of thiophene rings is 1. The van der Waals surface area contributed by atoms with Crippen LogP contribution >= 0.6 is 11.3 Å². The zero-order valence-electron chi connectivity index (χ0n) is 10.7. The van der Waals surface area contributed by atoms with E-state index < -0.39 is 5.97 Å². The van der Waals surface area contributed by atoms with E-state index in [0.29, 0.717) is 23.5 Å². The van der Waals surface area contributed by atoms with Gasteiger partial charge in [0.2, 0.25) is 0 Å². The van der Waals surface area contributed by atoms with E-state index in [1.807, 2.05) is 6.92 Å². The van der Waals surface area contributed by atoms with Crippen molar-refractivity contribution in [3.63, 3.8) is 0 Å². The van der Waals surface area contributed by atoms with E-state index >= 15 is 0 Å². The standard InChI is InChI=1S/C13H17NO4S/c1-2-5-14(6-7-15)13(18)10-8-11(19-9-10)3-4-12(16)17/h3-4,8-9,15H,2,5-7H2,1H3,(H,16,17). The average Bonchev–Trinajstić information content (AvgIpc) is 2.84. The van der Waals surface area contributed by atoms with Gasteiger partial charge in [-0.15, -0.1) is 11.3 Å². The number of aliphatic carboxylic acids is 1. The van der Waals surface area contributed by atoms with Crippen molar-refractivity contribution in [3.05, 3.63) is 28.0 Å². The maximum atomic E-state index is 12.2. The van der Waals surface area contributed by atoms with Gasteiger partial charge in [0.1, 0.15) is 0 Å². The maximum absolute atomic E-state index is 12.2. The van der Waals surface area contributed by atoms with Crippen LogP contribution in [-0.4, -0.2) is 46.7 Å². The minimum Gasteiger partial charge on any atom is -0.478 e. The summed E-state index contributed by atoms with van der Waals surface area (Å²) in [5.74, 6) is -1.16. The molecular formula is C13H17NO4S. The summed E-state index contributed by atoms with van der Waals surface area (Å²) in [6.07, 6.45) is 3.32. The Kier molecular flexibility index (Phi) is 6.24. The molecule has 0 aromatic carbocycles. The molecule has 0 fully saturated rings. The average molecular weight is 283 g/mol. The first kappa shape index (κ1) is 15.4. The Hall–Kier alpha value is -1.66. The molecule has 1 rings (SSSR count). The Labute approximate surface area is 115 Å². The van der Waals surface area contributed by atoms with Crippen LogP contribution in [0.2, 0.25) is 0 Å². The minimum atomic E-state index is -1.02. The van der Waals surface area contributed by atoms with Gasteiger partial charge in [0.25, 0.3) is 5.91 Å². The molecule has 0 aliphatic heterocycles. The Morgan fingerprint density at radius 1 is 1.42 bits per heavy atom. The number of carboxylic acids is 1. The molecule has 0 bridgehead atoms. The van der Waals surface area contributed by atoms with Gasteiger partial charge in [0.15, 0.2) is 0 Å². The summed E-state index contributed by atoms with van der Waals surface area (Å²) in [5, 5.41) is 19.2. The lowest BCUT2D eigenvalue weighted by molar-refractivity contribution is -0.131. The summed E-state index contributed by atoms with van der Waals surface area (Å²) in [6, 6.07) is 1.66. The van der Waals surface area contributed by atoms with Gasteiger partial charge >= 0.3 is 5.97 Å². The third-order valence-corrected chi connectivity index (χ3v) is 3.31. The first-order valence-corrected chi connectivity index (χ1v) is 6.86. The quantitative estimate of drug-likeness (QED) is 0.746. The zero-order valence-corrected chi connectivity index (χ0v) is 11.5. The lowest BCUT2D eigenvalue weighted by Crippen LogP contribution is -2.33. The molecule has 1 heterocycles. The van der Waals surface area contributed by atoms with E-state index in [0.717, 1.165) is 12.5 Å². The van der Waals surface area contributed by atoms with Gasteiger partial charge in [0, 0.05) is 29.4 Å². The van der Waals surface area contributed by atoms with Crippen molar-refractivity contribution in [2.45, 2.75) is 13.3 Å². The van der Waals surface area contributed by atoms with E-state index in [-0.39, 0.29) is 12.5 Å². The van der Waals surface area contributed by atoms with Crippen molar-refractivity contribution in [1.82, 2.24) is 4.90 Å². The highest BCUT2D eigenvalue weighted by atomic mass is 32.1. The van der Waals surface area contributed by atoms with Crippen molar-refractivity contribution < 1.29 is 19.8 Å². The van der Waals surface area contributed by atoms with Crippen molar-refractivity contribution in [1.29, 1.82) is 0 Å². The Bertz CT molecular complexity index is 461. The summed E-state index contributed by atoms with van der Waals surface area (Å²) in [5.41, 5.74) is 0.525. The van der Waals surface area contributed by atoms with Gasteiger partial charge in [0.05, 0.1) is 12.2 Å². The number of aliphatic hydroxyl groups excluding tert-OH is 1. The van der Waals surface area contributed by atoms with E-state index in [1.54, 1.807) is 16.3 Å². The Morgan fingerprint density at radius 2 is 2.16 bits per heavy atom. The topological polar surface area (TPSA) is 77.8 Å². The molecule has 6 heteroatoms. The Balaban J connectivity index is 2.78. The van der Waals surface area contributed by atoms with Crippen molar-refractivity contribution in [2.75, 3.05) is 19.7 Å². The molecule has 104 valence electrons. The highest BCUT2D eigenvalue weighted by Gasteiger charge is 2.15. The van der Waals surface area contributed by atoms with Crippen LogP contribution in [0.3, 0.4) is 0 Å². The first-order valence-electron chi connectivity index (χ1n) is 5.98. The summed E-state index contributed by atoms with van der Waals surface area (Å²) in [7, 11) is 0. The Morgan fingerprint density at radius 3 is 2.74 bits per heavy atom. The van der Waals surface area contributed by atoms with Crippen molar-refractivity contribution in [3.8, 4) is 0 Å². The molecule has 1 amide bonds. The van der Waals surface area contributed by atoms with Crippen LogP contribution in [-0.2, 0) is 4.79 Å². The van der Waals surface area contributed by atoms with Crippen molar-refractivity contribution in [2.24, 2.45) is 0 Å². The molecule has 1 aromatic heterocycles. The number of amides is 1. The molecule has 2 N–H and O–H groups in total. The molecule has 0 saturated heterocycles. The predicted octanol–water partition coefficient (Wildman–Crippen LogP) is 1.69. The molecule has 0 unspecified atom stereocenters. The second-order valence-corrected chi connectivity index (χ2v) is 4.87. The smallest absolute Gasteiger partial charge is 0.328 e. The number of hydrogen-bond donors (Lipinski definition) is 2. The molecule has 0 spiro atoms. The fraction of sp³-hybridized carbons (Fsp3) is 0.385. The van der Waals surface area contributed by atoms with Crippen LogP contribution in [0.5, 0.6) is 0 Å². The first-order chi connectivity index (χ1) is 9.08. The molecule has 0 atom stereocenters. The lowest BCUT2D eigenvalue weighted by atomic mass is 10.2. The SMILES string of the molecule is CCCN(CCO)C(=O)c1csc(C=CC(=O)O)c1. The number of carbonyl (C=O) groups excluding carboxylic acids is 1. The fourth-order valence-electron chi connectivity index (χ4n) is 1.59. The predicted molar refractivity (Wildman–Crippen MR) is 74.3 cm³/mol. The highest BCUT2D eigenvalue weighted by molar-refractivity contribution is 7.11. The molecule has 5 nitrogen and oxygen atoms in total. The molecule has 19 heavy (non-hydrogen) atoms. The lowest BCUT2D eigenvalue weighted by Gasteiger charge is -2.20. The fourth-order valence-corrected chi connectivity index (χ4v) is 2.37. The number of carboxylic acid groups (broad SMARTS) is 1. The van der Waals surface area contributed by atoms with Crippen LogP contribution < -0.4 is 0 Å². The monoisotopic (exact) mass is 283 g/mol. The van der Waals surface area contributed by atoms with Crippen LogP contribution in [0.25, 0.3) is 6.08 Å². The number of rotatable bonds is 7. The second kappa shape index (κ2) is 7.70. The number of carbonyl (C=O) groups is 2. The van der Waals surface area contributed by atoms with Crippen LogP contribution in [0.1, 0.15) is 28.6 Å². The third-order valence-electron chi connectivity index (χ3n) is 2.41. The summed E-state index contributed by atoms with van der Waals surface area (Å²) in [6.45, 7) is 2.80. The molecular weight excluding hydrogens is 266 g/mol. The summed E-state index contributed by atoms with van der Waals surface area (Å²) < 4.78 is 0. The van der Waals surface area contributed by atoms with Crippen LogP contribution in [0.15, 0.2) is 17.5 Å². The maximum Gasteiger partial charge on any atom is 0.328 e. The minimum absolute atomic E-state index is 0.0678. The van der Waals surface area contributed by atoms with Gasteiger partial charge in [-0.2, -0.15) is 0 Å². The van der Waals surface area contributed by atoms with Gasteiger partial charge in [-0.05, 0) is 18.6 Å². The van der Waals surface area contributed by atoms with Gasteiger partial charge < -0.3 is 15.1 Å². The zero-order chi connectivity index (χ0) is 14.3. The van der Waals surface area contributed by atoms with E-state index in [9.17, 15) is 9.59 Å². The molecule has 1 aromatic rings. The number of hydrogen-bond acceptors (Lipinski definition) is 4. The third kappa shape index (κ3) is 4.84.